The van der Waals surface area contributed by atoms with Gasteiger partial charge in [-0.3, -0.25) is 9.59 Å². The second kappa shape index (κ2) is 7.92. The SMILES string of the molecule is COC(=O)C(C)c1cc(C(=O)c2ccc(SC)cc2)c2cc(F)ccc2c1. The average Bonchev–Trinajstić information content (AvgIpc) is 2.71. The van der Waals surface area contributed by atoms with Crippen LogP contribution in [0.1, 0.15) is 34.3 Å². The van der Waals surface area contributed by atoms with Gasteiger partial charge >= 0.3 is 5.97 Å². The van der Waals surface area contributed by atoms with Gasteiger partial charge in [0.1, 0.15) is 5.82 Å². The Labute approximate surface area is 161 Å². The Morgan fingerprint density at radius 3 is 2.37 bits per heavy atom. The number of fused-ring (bicyclic) bond motifs is 1. The van der Waals surface area contributed by atoms with Crippen LogP contribution in [0.5, 0.6) is 0 Å². The summed E-state index contributed by atoms with van der Waals surface area (Å²) in [4.78, 5) is 26.1. The minimum Gasteiger partial charge on any atom is -0.469 e. The molecule has 0 fully saturated rings. The number of rotatable bonds is 5. The van der Waals surface area contributed by atoms with E-state index in [9.17, 15) is 14.0 Å². The molecule has 0 saturated heterocycles. The maximum Gasteiger partial charge on any atom is 0.312 e. The molecule has 0 amide bonds. The molecule has 0 aromatic heterocycles. The molecule has 1 atom stereocenters. The van der Waals surface area contributed by atoms with Crippen molar-refractivity contribution in [1.29, 1.82) is 0 Å². The Kier molecular flexibility index (Phi) is 5.61. The van der Waals surface area contributed by atoms with Gasteiger partial charge in [-0.25, -0.2) is 4.39 Å². The number of hydrogen-bond acceptors (Lipinski definition) is 4. The van der Waals surface area contributed by atoms with E-state index in [2.05, 4.69) is 0 Å². The van der Waals surface area contributed by atoms with Gasteiger partial charge in [-0.2, -0.15) is 0 Å². The van der Waals surface area contributed by atoms with Crippen LogP contribution in [0.2, 0.25) is 0 Å². The highest BCUT2D eigenvalue weighted by Crippen LogP contribution is 2.29. The van der Waals surface area contributed by atoms with Crippen LogP contribution in [0.15, 0.2) is 59.5 Å². The van der Waals surface area contributed by atoms with Crippen molar-refractivity contribution >= 4 is 34.3 Å². The van der Waals surface area contributed by atoms with Crippen LogP contribution in [0.25, 0.3) is 10.8 Å². The van der Waals surface area contributed by atoms with Gasteiger partial charge in [-0.15, -0.1) is 11.8 Å². The first-order chi connectivity index (χ1) is 12.9. The molecular formula is C22H19FO3S. The molecule has 3 aromatic carbocycles. The fourth-order valence-corrected chi connectivity index (χ4v) is 3.41. The fraction of sp³-hybridized carbons (Fsp3) is 0.182. The molecular weight excluding hydrogens is 363 g/mol. The number of hydrogen-bond donors (Lipinski definition) is 0. The van der Waals surface area contributed by atoms with E-state index in [1.807, 2.05) is 18.4 Å². The fourth-order valence-electron chi connectivity index (χ4n) is 3.00. The summed E-state index contributed by atoms with van der Waals surface area (Å²) in [6.45, 7) is 1.72. The maximum atomic E-state index is 13.8. The van der Waals surface area contributed by atoms with Crippen molar-refractivity contribution in [2.75, 3.05) is 13.4 Å². The molecule has 0 saturated carbocycles. The summed E-state index contributed by atoms with van der Waals surface area (Å²) >= 11 is 1.59. The smallest absolute Gasteiger partial charge is 0.312 e. The van der Waals surface area contributed by atoms with Crippen molar-refractivity contribution in [3.63, 3.8) is 0 Å². The number of halogens is 1. The largest absolute Gasteiger partial charge is 0.469 e. The third-order valence-electron chi connectivity index (χ3n) is 4.59. The van der Waals surface area contributed by atoms with Crippen LogP contribution in [-0.4, -0.2) is 25.1 Å². The van der Waals surface area contributed by atoms with Gasteiger partial charge in [0.25, 0.3) is 0 Å². The van der Waals surface area contributed by atoms with Gasteiger partial charge in [-0.1, -0.05) is 12.1 Å². The molecule has 27 heavy (non-hydrogen) atoms. The summed E-state index contributed by atoms with van der Waals surface area (Å²) in [7, 11) is 1.33. The Bertz CT molecular complexity index is 1010. The average molecular weight is 382 g/mol. The highest BCUT2D eigenvalue weighted by atomic mass is 32.2. The van der Waals surface area contributed by atoms with Crippen LogP contribution in [-0.2, 0) is 9.53 Å². The summed E-state index contributed by atoms with van der Waals surface area (Å²) in [5.41, 5.74) is 1.54. The monoisotopic (exact) mass is 382 g/mol. The summed E-state index contributed by atoms with van der Waals surface area (Å²) in [6, 6.07) is 15.0. The molecule has 3 aromatic rings. The number of esters is 1. The van der Waals surface area contributed by atoms with Gasteiger partial charge in [0.15, 0.2) is 5.78 Å². The highest BCUT2D eigenvalue weighted by Gasteiger charge is 2.21. The van der Waals surface area contributed by atoms with Gasteiger partial charge < -0.3 is 4.74 Å². The zero-order valence-corrected chi connectivity index (χ0v) is 16.1. The first-order valence-electron chi connectivity index (χ1n) is 8.44. The van der Waals surface area contributed by atoms with E-state index in [0.29, 0.717) is 27.5 Å². The molecule has 0 aliphatic heterocycles. The van der Waals surface area contributed by atoms with E-state index < -0.39 is 11.7 Å². The summed E-state index contributed by atoms with van der Waals surface area (Å²) < 4.78 is 18.7. The lowest BCUT2D eigenvalue weighted by Gasteiger charge is -2.14. The third-order valence-corrected chi connectivity index (χ3v) is 5.33. The number of thioether (sulfide) groups is 1. The third kappa shape index (κ3) is 3.88. The normalized spacial score (nSPS) is 12.0. The van der Waals surface area contributed by atoms with E-state index in [1.54, 1.807) is 49.0 Å². The Balaban J connectivity index is 2.17. The van der Waals surface area contributed by atoms with Gasteiger partial charge in [0.2, 0.25) is 0 Å². The van der Waals surface area contributed by atoms with E-state index in [0.717, 1.165) is 4.90 Å². The minimum absolute atomic E-state index is 0.211. The Hall–Kier alpha value is -2.66. The van der Waals surface area contributed by atoms with Crippen LogP contribution in [0.3, 0.4) is 0 Å². The number of benzene rings is 3. The lowest BCUT2D eigenvalue weighted by molar-refractivity contribution is -0.141. The predicted molar refractivity (Wildman–Crippen MR) is 106 cm³/mol. The van der Waals surface area contributed by atoms with Crippen molar-refractivity contribution in [1.82, 2.24) is 0 Å². The molecule has 0 radical (unpaired) electrons. The zero-order chi connectivity index (χ0) is 19.6. The number of carbonyl (C=O) groups is 2. The molecule has 3 rings (SSSR count). The maximum absolute atomic E-state index is 13.8. The summed E-state index contributed by atoms with van der Waals surface area (Å²) in [5.74, 6) is -1.55. The standard InChI is InChI=1S/C22H19FO3S/c1-13(22(25)26-2)16-10-15-4-7-17(23)12-19(15)20(11-16)21(24)14-5-8-18(27-3)9-6-14/h4-13H,1-3H3. The molecule has 0 spiro atoms. The van der Waals surface area contributed by atoms with Crippen molar-refractivity contribution in [3.8, 4) is 0 Å². The van der Waals surface area contributed by atoms with Crippen LogP contribution in [0, 0.1) is 5.82 Å². The number of carbonyl (C=O) groups excluding carboxylic acids is 2. The number of methoxy groups -OCH3 is 1. The van der Waals surface area contributed by atoms with E-state index in [1.165, 1.54) is 19.2 Å². The quantitative estimate of drug-likeness (QED) is 0.345. The van der Waals surface area contributed by atoms with Crippen molar-refractivity contribution in [2.45, 2.75) is 17.7 Å². The highest BCUT2D eigenvalue weighted by molar-refractivity contribution is 7.98. The van der Waals surface area contributed by atoms with Gasteiger partial charge in [-0.05, 0) is 72.0 Å². The molecule has 0 heterocycles. The van der Waals surface area contributed by atoms with Crippen molar-refractivity contribution < 1.29 is 18.7 Å². The molecule has 138 valence electrons. The van der Waals surface area contributed by atoms with Crippen LogP contribution < -0.4 is 0 Å². The molecule has 3 nitrogen and oxygen atoms in total. The minimum atomic E-state index is -0.533. The number of ketones is 1. The Morgan fingerprint density at radius 1 is 1.04 bits per heavy atom. The van der Waals surface area contributed by atoms with E-state index in [-0.39, 0.29) is 11.8 Å². The van der Waals surface area contributed by atoms with Crippen LogP contribution >= 0.6 is 11.8 Å². The lowest BCUT2D eigenvalue weighted by Crippen LogP contribution is -2.12. The molecule has 1 unspecified atom stereocenters. The number of ether oxygens (including phenoxy) is 1. The summed E-state index contributed by atoms with van der Waals surface area (Å²) in [5, 5.41) is 1.23. The lowest BCUT2D eigenvalue weighted by atomic mass is 9.91. The van der Waals surface area contributed by atoms with E-state index >= 15 is 0 Å². The second-order valence-corrected chi connectivity index (χ2v) is 7.12. The van der Waals surface area contributed by atoms with Crippen molar-refractivity contribution in [3.05, 3.63) is 77.1 Å². The second-order valence-electron chi connectivity index (χ2n) is 6.24. The molecule has 0 N–H and O–H groups in total. The topological polar surface area (TPSA) is 43.4 Å². The molecule has 0 bridgehead atoms. The molecule has 0 aliphatic rings. The van der Waals surface area contributed by atoms with Gasteiger partial charge in [0.05, 0.1) is 13.0 Å². The first kappa shape index (κ1) is 19.1. The summed E-state index contributed by atoms with van der Waals surface area (Å²) in [6.07, 6.45) is 1.96. The molecule has 0 aliphatic carbocycles. The first-order valence-corrected chi connectivity index (χ1v) is 9.67. The van der Waals surface area contributed by atoms with Crippen LogP contribution in [0.4, 0.5) is 4.39 Å². The zero-order valence-electron chi connectivity index (χ0n) is 15.3. The molecule has 5 heteroatoms. The Morgan fingerprint density at radius 2 is 1.74 bits per heavy atom. The van der Waals surface area contributed by atoms with E-state index in [4.69, 9.17) is 4.74 Å². The predicted octanol–water partition coefficient (Wildman–Crippen LogP) is 5.21. The van der Waals surface area contributed by atoms with Crippen molar-refractivity contribution in [2.24, 2.45) is 0 Å². The van der Waals surface area contributed by atoms with Gasteiger partial charge in [0, 0.05) is 16.0 Å².